The highest BCUT2D eigenvalue weighted by atomic mass is 127. The predicted molar refractivity (Wildman–Crippen MR) is 94.3 cm³/mol. The lowest BCUT2D eigenvalue weighted by Gasteiger charge is -2.20. The van der Waals surface area contributed by atoms with E-state index in [-0.39, 0.29) is 10.9 Å². The molecule has 102 valence electrons. The number of halogens is 1. The lowest BCUT2D eigenvalue weighted by molar-refractivity contribution is 0.453. The Hall–Kier alpha value is -1.46. The third-order valence-electron chi connectivity index (χ3n) is 3.41. The van der Waals surface area contributed by atoms with Crippen LogP contribution in [0, 0.1) is 3.57 Å². The quantitative estimate of drug-likeness (QED) is 0.302. The Labute approximate surface area is 140 Å². The van der Waals surface area contributed by atoms with Crippen molar-refractivity contribution in [2.45, 2.75) is 14.7 Å². The SMILES string of the molecule is Ic1ccccc1[S+]1c2ccccc2Oc2ccccc21. The molecule has 4 rings (SSSR count). The summed E-state index contributed by atoms with van der Waals surface area (Å²) < 4.78 is 7.37. The van der Waals surface area contributed by atoms with Crippen LogP contribution in [0.3, 0.4) is 0 Å². The standard InChI is InChI=1S/C18H12IOS/c19-13-7-1-4-10-16(13)21-17-11-5-2-8-14(17)20-15-9-3-6-12-18(15)21/h1-12H/q+1. The first-order valence-corrected chi connectivity index (χ1v) is 9.00. The number of hydrogen-bond donors (Lipinski definition) is 0. The highest BCUT2D eigenvalue weighted by Crippen LogP contribution is 2.47. The van der Waals surface area contributed by atoms with Crippen molar-refractivity contribution in [3.8, 4) is 11.5 Å². The Morgan fingerprint density at radius 3 is 1.67 bits per heavy atom. The first kappa shape index (κ1) is 13.2. The van der Waals surface area contributed by atoms with Gasteiger partial charge in [-0.2, -0.15) is 0 Å². The molecular weight excluding hydrogens is 391 g/mol. The second kappa shape index (κ2) is 5.39. The van der Waals surface area contributed by atoms with Gasteiger partial charge in [-0.25, -0.2) is 0 Å². The molecule has 0 bridgehead atoms. The zero-order valence-electron chi connectivity index (χ0n) is 11.1. The molecule has 0 amide bonds. The third-order valence-corrected chi connectivity index (χ3v) is 7.07. The van der Waals surface area contributed by atoms with Crippen LogP contribution in [0.15, 0.2) is 87.5 Å². The van der Waals surface area contributed by atoms with E-state index in [1.165, 1.54) is 18.3 Å². The van der Waals surface area contributed by atoms with Crippen molar-refractivity contribution in [2.24, 2.45) is 0 Å². The fourth-order valence-corrected chi connectivity index (χ4v) is 5.78. The van der Waals surface area contributed by atoms with Crippen molar-refractivity contribution in [3.05, 3.63) is 76.4 Å². The Kier molecular flexibility index (Phi) is 3.39. The number of benzene rings is 3. The Morgan fingerprint density at radius 1 is 0.619 bits per heavy atom. The van der Waals surface area contributed by atoms with E-state index in [1.807, 2.05) is 12.1 Å². The van der Waals surface area contributed by atoms with E-state index in [9.17, 15) is 0 Å². The van der Waals surface area contributed by atoms with Gasteiger partial charge in [0.25, 0.3) is 0 Å². The van der Waals surface area contributed by atoms with E-state index in [4.69, 9.17) is 4.74 Å². The Balaban J connectivity index is 2.00. The van der Waals surface area contributed by atoms with E-state index >= 15 is 0 Å². The molecule has 1 nitrogen and oxygen atoms in total. The van der Waals surface area contributed by atoms with E-state index in [0.717, 1.165) is 11.5 Å². The summed E-state index contributed by atoms with van der Waals surface area (Å²) in [4.78, 5) is 3.89. The molecule has 1 aliphatic rings. The molecule has 0 fully saturated rings. The number of fused-ring (bicyclic) bond motifs is 2. The highest BCUT2D eigenvalue weighted by molar-refractivity contribution is 14.1. The number of para-hydroxylation sites is 2. The molecule has 0 atom stereocenters. The van der Waals surface area contributed by atoms with Crippen LogP contribution in [-0.2, 0) is 10.9 Å². The average Bonchev–Trinajstić information content (AvgIpc) is 2.53. The van der Waals surface area contributed by atoms with Crippen molar-refractivity contribution in [3.63, 3.8) is 0 Å². The van der Waals surface area contributed by atoms with E-state index in [2.05, 4.69) is 83.3 Å². The van der Waals surface area contributed by atoms with Gasteiger partial charge in [-0.3, -0.25) is 0 Å². The van der Waals surface area contributed by atoms with Gasteiger partial charge in [0, 0.05) is 0 Å². The normalized spacial score (nSPS) is 13.2. The maximum absolute atomic E-state index is 6.07. The van der Waals surface area contributed by atoms with Gasteiger partial charge in [-0.05, 0) is 59.0 Å². The van der Waals surface area contributed by atoms with Gasteiger partial charge in [-0.1, -0.05) is 36.4 Å². The van der Waals surface area contributed by atoms with Crippen molar-refractivity contribution in [1.29, 1.82) is 0 Å². The first-order chi connectivity index (χ1) is 10.3. The Morgan fingerprint density at radius 2 is 1.10 bits per heavy atom. The molecule has 0 spiro atoms. The number of rotatable bonds is 1. The van der Waals surface area contributed by atoms with Crippen LogP contribution in [0.2, 0.25) is 0 Å². The summed E-state index contributed by atoms with van der Waals surface area (Å²) in [6.07, 6.45) is 0. The fourth-order valence-electron chi connectivity index (χ4n) is 2.49. The number of hydrogen-bond acceptors (Lipinski definition) is 1. The zero-order valence-corrected chi connectivity index (χ0v) is 14.1. The van der Waals surface area contributed by atoms with Crippen molar-refractivity contribution in [2.75, 3.05) is 0 Å². The smallest absolute Gasteiger partial charge is 0.209 e. The van der Waals surface area contributed by atoms with Crippen LogP contribution in [0.1, 0.15) is 0 Å². The summed E-state index contributed by atoms with van der Waals surface area (Å²) in [5.41, 5.74) is 0. The summed E-state index contributed by atoms with van der Waals surface area (Å²) in [5, 5.41) is 0. The van der Waals surface area contributed by atoms with Gasteiger partial charge in [0.05, 0.1) is 3.57 Å². The summed E-state index contributed by atoms with van der Waals surface area (Å²) in [7, 11) is -0.102. The van der Waals surface area contributed by atoms with E-state index in [1.54, 1.807) is 0 Å². The molecule has 3 heteroatoms. The lowest BCUT2D eigenvalue weighted by atomic mass is 10.3. The molecule has 3 aromatic rings. The maximum atomic E-state index is 6.07. The fraction of sp³-hybridized carbons (Fsp3) is 0. The van der Waals surface area contributed by atoms with Crippen LogP contribution in [0.25, 0.3) is 0 Å². The lowest BCUT2D eigenvalue weighted by Crippen LogP contribution is -2.13. The van der Waals surface area contributed by atoms with E-state index < -0.39 is 0 Å². The molecule has 0 unspecified atom stereocenters. The van der Waals surface area contributed by atoms with Crippen LogP contribution in [0.5, 0.6) is 11.5 Å². The van der Waals surface area contributed by atoms with Crippen molar-refractivity contribution in [1.82, 2.24) is 0 Å². The molecule has 1 aliphatic heterocycles. The van der Waals surface area contributed by atoms with Crippen LogP contribution in [-0.4, -0.2) is 0 Å². The highest BCUT2D eigenvalue weighted by Gasteiger charge is 2.39. The molecule has 0 saturated carbocycles. The van der Waals surface area contributed by atoms with Crippen LogP contribution < -0.4 is 4.74 Å². The molecule has 0 aliphatic carbocycles. The molecule has 0 radical (unpaired) electrons. The first-order valence-electron chi connectivity index (χ1n) is 6.69. The van der Waals surface area contributed by atoms with Crippen molar-refractivity contribution >= 4 is 33.5 Å². The third kappa shape index (κ3) is 2.24. The summed E-state index contributed by atoms with van der Waals surface area (Å²) in [5.74, 6) is 1.94. The van der Waals surface area contributed by atoms with Crippen molar-refractivity contribution < 1.29 is 4.74 Å². The second-order valence-electron chi connectivity index (χ2n) is 4.73. The van der Waals surface area contributed by atoms with Crippen LogP contribution >= 0.6 is 22.6 Å². The topological polar surface area (TPSA) is 9.23 Å². The molecule has 3 aromatic carbocycles. The minimum atomic E-state index is -0.102. The molecule has 0 aromatic heterocycles. The van der Waals surface area contributed by atoms with Crippen LogP contribution in [0.4, 0.5) is 0 Å². The van der Waals surface area contributed by atoms with Gasteiger partial charge < -0.3 is 4.74 Å². The minimum Gasteiger partial charge on any atom is -0.447 e. The molecule has 0 N–H and O–H groups in total. The monoisotopic (exact) mass is 403 g/mol. The molecule has 21 heavy (non-hydrogen) atoms. The Bertz CT molecular complexity index is 755. The van der Waals surface area contributed by atoms with E-state index in [0.29, 0.717) is 0 Å². The van der Waals surface area contributed by atoms with Gasteiger partial charge in [0.1, 0.15) is 10.9 Å². The maximum Gasteiger partial charge on any atom is 0.209 e. The van der Waals surface area contributed by atoms with Gasteiger partial charge in [0.2, 0.25) is 9.79 Å². The van der Waals surface area contributed by atoms with Gasteiger partial charge in [0.15, 0.2) is 16.4 Å². The van der Waals surface area contributed by atoms with Gasteiger partial charge in [-0.15, -0.1) is 0 Å². The summed E-state index contributed by atoms with van der Waals surface area (Å²) in [6, 6.07) is 25.3. The summed E-state index contributed by atoms with van der Waals surface area (Å²) in [6.45, 7) is 0. The minimum absolute atomic E-state index is 0.102. The zero-order chi connectivity index (χ0) is 14.2. The largest absolute Gasteiger partial charge is 0.447 e. The molecule has 1 heterocycles. The predicted octanol–water partition coefficient (Wildman–Crippen LogP) is 5.49. The summed E-state index contributed by atoms with van der Waals surface area (Å²) >= 11 is 2.43. The second-order valence-corrected chi connectivity index (χ2v) is 7.83. The van der Waals surface area contributed by atoms with Gasteiger partial charge >= 0.3 is 0 Å². The molecule has 0 saturated heterocycles. The average molecular weight is 403 g/mol. The molecular formula is C18H12IOS+. The number of ether oxygens (including phenoxy) is 1.